The van der Waals surface area contributed by atoms with E-state index in [2.05, 4.69) is 15.9 Å². The van der Waals surface area contributed by atoms with Gasteiger partial charge in [0.15, 0.2) is 23.1 Å². The van der Waals surface area contributed by atoms with E-state index < -0.39 is 5.82 Å². The Labute approximate surface area is 124 Å². The summed E-state index contributed by atoms with van der Waals surface area (Å²) in [6.45, 7) is 0. The highest BCUT2D eigenvalue weighted by Crippen LogP contribution is 2.35. The monoisotopic (exact) mass is 338 g/mol. The normalized spacial score (nSPS) is 10.2. The third kappa shape index (κ3) is 2.75. The predicted molar refractivity (Wildman–Crippen MR) is 78.2 cm³/mol. The zero-order valence-electron chi connectivity index (χ0n) is 10.6. The third-order valence-corrected chi connectivity index (χ3v) is 3.40. The Kier molecular flexibility index (Phi) is 4.24. The van der Waals surface area contributed by atoms with Crippen molar-refractivity contribution in [3.8, 4) is 17.2 Å². The van der Waals surface area contributed by atoms with Crippen LogP contribution in [0.5, 0.6) is 17.2 Å². The van der Waals surface area contributed by atoms with E-state index in [9.17, 15) is 4.39 Å². The van der Waals surface area contributed by atoms with E-state index in [0.717, 1.165) is 0 Å². The molecule has 0 unspecified atom stereocenters. The van der Waals surface area contributed by atoms with Gasteiger partial charge in [-0.05, 0) is 40.2 Å². The average molecular weight is 339 g/mol. The highest BCUT2D eigenvalue weighted by Gasteiger charge is 2.15. The molecule has 0 aliphatic heterocycles. The van der Waals surface area contributed by atoms with Crippen LogP contribution < -0.4 is 15.2 Å². The summed E-state index contributed by atoms with van der Waals surface area (Å²) in [7, 11) is 1.51. The number of amidine groups is 1. The minimum absolute atomic E-state index is 0.0198. The van der Waals surface area contributed by atoms with E-state index in [0.29, 0.717) is 11.5 Å². The number of hydrogen-bond donors (Lipinski definition) is 2. The SMILES string of the molecule is COc1ccccc1Oc1ccc(C(=N)N)c(Br)c1F. The van der Waals surface area contributed by atoms with Crippen molar-refractivity contribution in [2.24, 2.45) is 5.73 Å². The molecule has 0 radical (unpaired) electrons. The molecule has 2 aromatic rings. The Morgan fingerprint density at radius 1 is 1.15 bits per heavy atom. The summed E-state index contributed by atoms with van der Waals surface area (Å²) in [6, 6.07) is 9.87. The fourth-order valence-electron chi connectivity index (χ4n) is 1.64. The first-order valence-electron chi connectivity index (χ1n) is 5.68. The molecule has 0 saturated carbocycles. The second-order valence-corrected chi connectivity index (χ2v) is 4.70. The molecule has 20 heavy (non-hydrogen) atoms. The summed E-state index contributed by atoms with van der Waals surface area (Å²) < 4.78 is 24.9. The molecule has 0 aromatic heterocycles. The Morgan fingerprint density at radius 2 is 1.80 bits per heavy atom. The van der Waals surface area contributed by atoms with E-state index in [1.807, 2.05) is 0 Å². The lowest BCUT2D eigenvalue weighted by molar-refractivity contribution is 0.370. The molecule has 0 amide bonds. The first kappa shape index (κ1) is 14.3. The van der Waals surface area contributed by atoms with Crippen LogP contribution in [0.1, 0.15) is 5.56 Å². The van der Waals surface area contributed by atoms with Gasteiger partial charge in [-0.25, -0.2) is 4.39 Å². The van der Waals surface area contributed by atoms with E-state index in [1.54, 1.807) is 24.3 Å². The first-order chi connectivity index (χ1) is 9.54. The number of hydrogen-bond acceptors (Lipinski definition) is 3. The lowest BCUT2D eigenvalue weighted by Gasteiger charge is -2.12. The van der Waals surface area contributed by atoms with Crippen molar-refractivity contribution in [1.82, 2.24) is 0 Å². The molecule has 0 aliphatic rings. The van der Waals surface area contributed by atoms with Crippen molar-refractivity contribution in [3.63, 3.8) is 0 Å². The van der Waals surface area contributed by atoms with Crippen LogP contribution in [-0.2, 0) is 0 Å². The largest absolute Gasteiger partial charge is 0.493 e. The minimum atomic E-state index is -0.622. The lowest BCUT2D eigenvalue weighted by atomic mass is 10.2. The van der Waals surface area contributed by atoms with Gasteiger partial charge >= 0.3 is 0 Å². The maximum Gasteiger partial charge on any atom is 0.180 e. The molecule has 0 heterocycles. The summed E-state index contributed by atoms with van der Waals surface area (Å²) in [4.78, 5) is 0. The number of benzene rings is 2. The predicted octanol–water partition coefficient (Wildman–Crippen LogP) is 3.67. The fraction of sp³-hybridized carbons (Fsp3) is 0.0714. The number of nitrogen functional groups attached to an aromatic ring is 1. The zero-order valence-corrected chi connectivity index (χ0v) is 12.2. The minimum Gasteiger partial charge on any atom is -0.493 e. The van der Waals surface area contributed by atoms with Crippen LogP contribution in [0.15, 0.2) is 40.9 Å². The van der Waals surface area contributed by atoms with Crippen molar-refractivity contribution < 1.29 is 13.9 Å². The molecule has 104 valence electrons. The van der Waals surface area contributed by atoms with Gasteiger partial charge in [0.2, 0.25) is 0 Å². The van der Waals surface area contributed by atoms with Gasteiger partial charge < -0.3 is 15.2 Å². The van der Waals surface area contributed by atoms with Crippen molar-refractivity contribution in [1.29, 1.82) is 5.41 Å². The Morgan fingerprint density at radius 3 is 2.40 bits per heavy atom. The summed E-state index contributed by atoms with van der Waals surface area (Å²) in [5.74, 6) is 0.0737. The van der Waals surface area contributed by atoms with Gasteiger partial charge in [0.25, 0.3) is 0 Å². The summed E-state index contributed by atoms with van der Waals surface area (Å²) >= 11 is 3.07. The van der Waals surface area contributed by atoms with Gasteiger partial charge in [-0.15, -0.1) is 0 Å². The zero-order chi connectivity index (χ0) is 14.7. The van der Waals surface area contributed by atoms with Gasteiger partial charge in [0.1, 0.15) is 5.84 Å². The molecule has 0 saturated heterocycles. The summed E-state index contributed by atoms with van der Waals surface area (Å²) in [6.07, 6.45) is 0. The van der Waals surface area contributed by atoms with Crippen LogP contribution in [-0.4, -0.2) is 12.9 Å². The van der Waals surface area contributed by atoms with Crippen molar-refractivity contribution >= 4 is 21.8 Å². The molecule has 0 atom stereocenters. The average Bonchev–Trinajstić information content (AvgIpc) is 2.44. The van der Waals surface area contributed by atoms with E-state index in [1.165, 1.54) is 19.2 Å². The second kappa shape index (κ2) is 5.92. The molecule has 2 aromatic carbocycles. The van der Waals surface area contributed by atoms with Crippen molar-refractivity contribution in [2.75, 3.05) is 7.11 Å². The van der Waals surface area contributed by atoms with Crippen LogP contribution >= 0.6 is 15.9 Å². The van der Waals surface area contributed by atoms with Gasteiger partial charge in [-0.1, -0.05) is 12.1 Å². The molecule has 0 aliphatic carbocycles. The number of nitrogens with two attached hydrogens (primary N) is 1. The van der Waals surface area contributed by atoms with Crippen molar-refractivity contribution in [2.45, 2.75) is 0 Å². The maximum atomic E-state index is 14.2. The molecular weight excluding hydrogens is 327 g/mol. The summed E-state index contributed by atoms with van der Waals surface area (Å²) in [5, 5.41) is 7.35. The van der Waals surface area contributed by atoms with Crippen LogP contribution in [0.25, 0.3) is 0 Å². The molecule has 3 N–H and O–H groups in total. The smallest absolute Gasteiger partial charge is 0.180 e. The lowest BCUT2D eigenvalue weighted by Crippen LogP contribution is -2.12. The van der Waals surface area contributed by atoms with Crippen LogP contribution in [0, 0.1) is 11.2 Å². The quantitative estimate of drug-likeness (QED) is 0.660. The maximum absolute atomic E-state index is 14.2. The number of nitrogens with one attached hydrogen (secondary N) is 1. The summed E-state index contributed by atoms with van der Waals surface area (Å²) in [5.41, 5.74) is 5.63. The van der Waals surface area contributed by atoms with Gasteiger partial charge in [0, 0.05) is 5.56 Å². The number of halogens is 2. The molecule has 0 fully saturated rings. The Bertz CT molecular complexity index is 662. The standard InChI is InChI=1S/C14H12BrFN2O2/c1-19-9-4-2-3-5-10(9)20-11-7-6-8(14(17)18)12(15)13(11)16/h2-7H,1H3,(H3,17,18). The first-order valence-corrected chi connectivity index (χ1v) is 6.47. The number of methoxy groups -OCH3 is 1. The topological polar surface area (TPSA) is 68.3 Å². The van der Waals surface area contributed by atoms with Crippen LogP contribution in [0.2, 0.25) is 0 Å². The van der Waals surface area contributed by atoms with Gasteiger partial charge in [0.05, 0.1) is 11.6 Å². The molecule has 4 nitrogen and oxygen atoms in total. The highest BCUT2D eigenvalue weighted by atomic mass is 79.9. The van der Waals surface area contributed by atoms with Crippen LogP contribution in [0.3, 0.4) is 0 Å². The molecule has 0 spiro atoms. The third-order valence-electron chi connectivity index (χ3n) is 2.63. The van der Waals surface area contributed by atoms with E-state index >= 15 is 0 Å². The molecule has 2 rings (SSSR count). The molecule has 0 bridgehead atoms. The van der Waals surface area contributed by atoms with E-state index in [-0.39, 0.29) is 21.6 Å². The van der Waals surface area contributed by atoms with E-state index in [4.69, 9.17) is 20.6 Å². The van der Waals surface area contributed by atoms with Gasteiger partial charge in [-0.3, -0.25) is 5.41 Å². The van der Waals surface area contributed by atoms with Crippen molar-refractivity contribution in [3.05, 3.63) is 52.3 Å². The van der Waals surface area contributed by atoms with Crippen LogP contribution in [0.4, 0.5) is 4.39 Å². The highest BCUT2D eigenvalue weighted by molar-refractivity contribution is 9.10. The number of rotatable bonds is 4. The molecule has 6 heteroatoms. The number of ether oxygens (including phenoxy) is 2. The fourth-order valence-corrected chi connectivity index (χ4v) is 2.18. The Balaban J connectivity index is 2.40. The Hall–Kier alpha value is -2.08. The number of para-hydroxylation sites is 2. The molecular formula is C14H12BrFN2O2. The van der Waals surface area contributed by atoms with Gasteiger partial charge in [-0.2, -0.15) is 0 Å². The second-order valence-electron chi connectivity index (χ2n) is 3.91.